The van der Waals surface area contributed by atoms with Gasteiger partial charge in [0.05, 0.1) is 11.6 Å². The maximum Gasteiger partial charge on any atom is 0.0991 e. The van der Waals surface area contributed by atoms with Gasteiger partial charge in [0.1, 0.15) is 0 Å². The summed E-state index contributed by atoms with van der Waals surface area (Å²) in [7, 11) is 0. The minimum Gasteiger partial charge on any atom is -0.324 e. The maximum atomic E-state index is 8.77. The lowest BCUT2D eigenvalue weighted by molar-refractivity contribution is 0.807. The second-order valence-electron chi connectivity index (χ2n) is 3.41. The first-order chi connectivity index (χ1) is 6.06. The molecule has 0 aliphatic carbocycles. The number of rotatable bonds is 1. The molecule has 0 fully saturated rings. The van der Waals surface area contributed by atoms with Crippen LogP contribution in [0, 0.1) is 25.2 Å². The van der Waals surface area contributed by atoms with Crippen molar-refractivity contribution in [1.82, 2.24) is 0 Å². The van der Waals surface area contributed by atoms with Crippen LogP contribution in [0.3, 0.4) is 0 Å². The Morgan fingerprint density at radius 1 is 1.38 bits per heavy atom. The van der Waals surface area contributed by atoms with Crippen molar-refractivity contribution in [2.75, 3.05) is 0 Å². The summed E-state index contributed by atoms with van der Waals surface area (Å²) in [5, 5.41) is 8.77. The van der Waals surface area contributed by atoms with Crippen molar-refractivity contribution in [2.45, 2.75) is 26.8 Å². The van der Waals surface area contributed by atoms with E-state index in [1.165, 1.54) is 5.56 Å². The van der Waals surface area contributed by atoms with E-state index in [9.17, 15) is 0 Å². The molecule has 0 aromatic heterocycles. The molecule has 0 bridgehead atoms. The van der Waals surface area contributed by atoms with Crippen molar-refractivity contribution in [3.05, 3.63) is 34.4 Å². The van der Waals surface area contributed by atoms with Crippen LogP contribution in [-0.4, -0.2) is 0 Å². The van der Waals surface area contributed by atoms with Crippen LogP contribution in [0.1, 0.15) is 35.2 Å². The zero-order valence-electron chi connectivity index (χ0n) is 8.26. The van der Waals surface area contributed by atoms with Crippen LogP contribution in [0.25, 0.3) is 0 Å². The zero-order valence-corrected chi connectivity index (χ0v) is 8.26. The second-order valence-corrected chi connectivity index (χ2v) is 3.41. The highest BCUT2D eigenvalue weighted by molar-refractivity contribution is 5.43. The van der Waals surface area contributed by atoms with Crippen molar-refractivity contribution >= 4 is 0 Å². The third-order valence-corrected chi connectivity index (χ3v) is 2.33. The average molecular weight is 174 g/mol. The molecule has 0 heterocycles. The molecular formula is C11H14N2. The van der Waals surface area contributed by atoms with Crippen molar-refractivity contribution in [1.29, 1.82) is 5.26 Å². The highest BCUT2D eigenvalue weighted by Gasteiger charge is 2.07. The Bertz CT molecular complexity index is 359. The van der Waals surface area contributed by atoms with Crippen LogP contribution in [0.4, 0.5) is 0 Å². The maximum absolute atomic E-state index is 8.77. The van der Waals surface area contributed by atoms with Crippen molar-refractivity contribution in [2.24, 2.45) is 5.73 Å². The van der Waals surface area contributed by atoms with Crippen LogP contribution in [0.2, 0.25) is 0 Å². The van der Waals surface area contributed by atoms with Crippen molar-refractivity contribution < 1.29 is 0 Å². The van der Waals surface area contributed by atoms with Crippen LogP contribution >= 0.6 is 0 Å². The third kappa shape index (κ3) is 1.88. The van der Waals surface area contributed by atoms with Gasteiger partial charge >= 0.3 is 0 Å². The molecule has 0 saturated heterocycles. The van der Waals surface area contributed by atoms with Gasteiger partial charge in [-0.15, -0.1) is 0 Å². The van der Waals surface area contributed by atoms with Crippen molar-refractivity contribution in [3.8, 4) is 6.07 Å². The van der Waals surface area contributed by atoms with Gasteiger partial charge in [-0.2, -0.15) is 5.26 Å². The summed E-state index contributed by atoms with van der Waals surface area (Å²) < 4.78 is 0. The monoisotopic (exact) mass is 174 g/mol. The number of nitrogens with two attached hydrogens (primary N) is 1. The molecule has 13 heavy (non-hydrogen) atoms. The van der Waals surface area contributed by atoms with E-state index in [1.54, 1.807) is 0 Å². The normalized spacial score (nSPS) is 12.2. The highest BCUT2D eigenvalue weighted by atomic mass is 14.6. The van der Waals surface area contributed by atoms with E-state index in [1.807, 2.05) is 32.9 Å². The van der Waals surface area contributed by atoms with Gasteiger partial charge in [0.2, 0.25) is 0 Å². The molecule has 0 radical (unpaired) electrons. The molecule has 0 aliphatic heterocycles. The lowest BCUT2D eigenvalue weighted by Gasteiger charge is -2.12. The molecule has 0 spiro atoms. The smallest absolute Gasteiger partial charge is 0.0991 e. The second kappa shape index (κ2) is 3.59. The fourth-order valence-electron chi connectivity index (χ4n) is 1.42. The number of hydrogen-bond acceptors (Lipinski definition) is 2. The number of benzene rings is 1. The van der Waals surface area contributed by atoms with Crippen LogP contribution < -0.4 is 5.73 Å². The largest absolute Gasteiger partial charge is 0.324 e. The van der Waals surface area contributed by atoms with E-state index in [4.69, 9.17) is 11.0 Å². The minimum absolute atomic E-state index is 0.00741. The first kappa shape index (κ1) is 9.76. The SMILES string of the molecule is Cc1cc(C#N)cc(C(C)N)c1C. The Hall–Kier alpha value is -1.33. The molecular weight excluding hydrogens is 160 g/mol. The number of hydrogen-bond donors (Lipinski definition) is 1. The summed E-state index contributed by atoms with van der Waals surface area (Å²) in [6.07, 6.45) is 0. The van der Waals surface area contributed by atoms with Gasteiger partial charge in [0.25, 0.3) is 0 Å². The summed E-state index contributed by atoms with van der Waals surface area (Å²) in [5.41, 5.74) is 9.87. The third-order valence-electron chi connectivity index (χ3n) is 2.33. The molecule has 2 heteroatoms. The van der Waals surface area contributed by atoms with Crippen molar-refractivity contribution in [3.63, 3.8) is 0 Å². The van der Waals surface area contributed by atoms with Gasteiger partial charge in [-0.1, -0.05) is 0 Å². The summed E-state index contributed by atoms with van der Waals surface area (Å²) in [6, 6.07) is 5.89. The number of nitriles is 1. The fraction of sp³-hybridized carbons (Fsp3) is 0.364. The molecule has 1 aromatic carbocycles. The van der Waals surface area contributed by atoms with E-state index in [0.717, 1.165) is 11.1 Å². The topological polar surface area (TPSA) is 49.8 Å². The molecule has 1 aromatic rings. The first-order valence-corrected chi connectivity index (χ1v) is 4.33. The molecule has 1 atom stereocenters. The molecule has 0 saturated carbocycles. The Morgan fingerprint density at radius 3 is 2.46 bits per heavy atom. The Morgan fingerprint density at radius 2 is 2.00 bits per heavy atom. The predicted octanol–water partition coefficient (Wildman–Crippen LogP) is 2.19. The molecule has 0 amide bonds. The summed E-state index contributed by atoms with van der Waals surface area (Å²) in [6.45, 7) is 5.97. The predicted molar refractivity (Wildman–Crippen MR) is 53.2 cm³/mol. The molecule has 1 rings (SSSR count). The average Bonchev–Trinajstić information content (AvgIpc) is 2.09. The molecule has 1 unspecified atom stereocenters. The minimum atomic E-state index is -0.00741. The lowest BCUT2D eigenvalue weighted by atomic mass is 9.96. The summed E-state index contributed by atoms with van der Waals surface area (Å²) in [5.74, 6) is 0. The summed E-state index contributed by atoms with van der Waals surface area (Å²) >= 11 is 0. The Labute approximate surface area is 79.0 Å². The van der Waals surface area contributed by atoms with E-state index in [-0.39, 0.29) is 6.04 Å². The quantitative estimate of drug-likeness (QED) is 0.709. The highest BCUT2D eigenvalue weighted by Crippen LogP contribution is 2.20. The molecule has 2 N–H and O–H groups in total. The van der Waals surface area contributed by atoms with Crippen LogP contribution in [0.15, 0.2) is 12.1 Å². The van der Waals surface area contributed by atoms with E-state index < -0.39 is 0 Å². The van der Waals surface area contributed by atoms with Crippen LogP contribution in [-0.2, 0) is 0 Å². The Balaban J connectivity index is 3.35. The summed E-state index contributed by atoms with van der Waals surface area (Å²) in [4.78, 5) is 0. The van der Waals surface area contributed by atoms with Crippen LogP contribution in [0.5, 0.6) is 0 Å². The van der Waals surface area contributed by atoms with Gasteiger partial charge in [0, 0.05) is 6.04 Å². The first-order valence-electron chi connectivity index (χ1n) is 4.33. The molecule has 2 nitrogen and oxygen atoms in total. The lowest BCUT2D eigenvalue weighted by Crippen LogP contribution is -2.08. The van der Waals surface area contributed by atoms with Gasteiger partial charge in [-0.25, -0.2) is 0 Å². The number of nitrogens with zero attached hydrogens (tertiary/aromatic N) is 1. The zero-order chi connectivity index (χ0) is 10.0. The number of aryl methyl sites for hydroxylation is 1. The standard InChI is InChI=1S/C11H14N2/c1-7-4-10(6-12)5-11(8(7)2)9(3)13/h4-5,9H,13H2,1-3H3. The van der Waals surface area contributed by atoms with E-state index in [0.29, 0.717) is 5.56 Å². The fourth-order valence-corrected chi connectivity index (χ4v) is 1.42. The molecule has 0 aliphatic rings. The Kier molecular flexibility index (Phi) is 2.69. The van der Waals surface area contributed by atoms with E-state index in [2.05, 4.69) is 6.07 Å². The van der Waals surface area contributed by atoms with Gasteiger partial charge < -0.3 is 5.73 Å². The van der Waals surface area contributed by atoms with Gasteiger partial charge in [-0.3, -0.25) is 0 Å². The van der Waals surface area contributed by atoms with Gasteiger partial charge in [-0.05, 0) is 49.6 Å². The van der Waals surface area contributed by atoms with Gasteiger partial charge in [0.15, 0.2) is 0 Å². The molecule has 68 valence electrons. The van der Waals surface area contributed by atoms with E-state index >= 15 is 0 Å².